The maximum absolute atomic E-state index is 6.35. The van der Waals surface area contributed by atoms with Crippen LogP contribution in [0.5, 0.6) is 5.75 Å². The van der Waals surface area contributed by atoms with Crippen molar-refractivity contribution in [2.45, 2.75) is 59.0 Å². The van der Waals surface area contributed by atoms with Gasteiger partial charge in [-0.25, -0.2) is 0 Å². The van der Waals surface area contributed by atoms with E-state index in [4.69, 9.17) is 4.74 Å². The van der Waals surface area contributed by atoms with Crippen molar-refractivity contribution in [3.63, 3.8) is 0 Å². The molecule has 0 aliphatic heterocycles. The standard InChI is InChI=1S/C21H28OSe2/c1-20(2,3)16-12-17(21(4,5)6)19(18(13-16)24-23)22-14-15-10-8-7-9-11-15/h7-13,23H,14H2,1-6H3. The molecule has 130 valence electrons. The summed E-state index contributed by atoms with van der Waals surface area (Å²) >= 11 is 3.09. The van der Waals surface area contributed by atoms with Crippen molar-refractivity contribution >= 4 is 31.8 Å². The van der Waals surface area contributed by atoms with Crippen molar-refractivity contribution in [2.24, 2.45) is 0 Å². The van der Waals surface area contributed by atoms with Gasteiger partial charge < -0.3 is 0 Å². The van der Waals surface area contributed by atoms with E-state index in [1.165, 1.54) is 21.2 Å². The van der Waals surface area contributed by atoms with E-state index in [2.05, 4.69) is 92.1 Å². The first-order valence-corrected chi connectivity index (χ1v) is 13.9. The third kappa shape index (κ3) is 4.90. The Kier molecular flexibility index (Phi) is 6.26. The van der Waals surface area contributed by atoms with Crippen LogP contribution in [0, 0.1) is 0 Å². The number of hydrogen-bond acceptors (Lipinski definition) is 1. The summed E-state index contributed by atoms with van der Waals surface area (Å²) < 4.78 is 7.69. The molecule has 0 aromatic heterocycles. The van der Waals surface area contributed by atoms with Gasteiger partial charge in [0.25, 0.3) is 0 Å². The molecule has 3 heteroatoms. The van der Waals surface area contributed by atoms with E-state index in [-0.39, 0.29) is 10.8 Å². The average molecular weight is 454 g/mol. The molecule has 0 radical (unpaired) electrons. The zero-order valence-corrected chi connectivity index (χ0v) is 19.1. The van der Waals surface area contributed by atoms with Gasteiger partial charge in [0, 0.05) is 0 Å². The van der Waals surface area contributed by atoms with E-state index in [1.54, 1.807) is 0 Å². The van der Waals surface area contributed by atoms with E-state index >= 15 is 0 Å². The predicted octanol–water partition coefficient (Wildman–Crippen LogP) is 4.01. The van der Waals surface area contributed by atoms with Crippen LogP contribution in [0.25, 0.3) is 0 Å². The van der Waals surface area contributed by atoms with E-state index in [9.17, 15) is 0 Å². The molecule has 2 aromatic carbocycles. The molecule has 2 aromatic rings. The van der Waals surface area contributed by atoms with E-state index in [0.717, 1.165) is 5.75 Å². The van der Waals surface area contributed by atoms with Crippen LogP contribution < -0.4 is 9.20 Å². The fourth-order valence-corrected chi connectivity index (χ4v) is 4.92. The molecule has 0 spiro atoms. The van der Waals surface area contributed by atoms with E-state index in [0.29, 0.717) is 19.7 Å². The van der Waals surface area contributed by atoms with Crippen LogP contribution >= 0.6 is 0 Å². The number of hydrogen-bond donors (Lipinski definition) is 0. The Morgan fingerprint density at radius 2 is 1.54 bits per heavy atom. The second-order valence-electron chi connectivity index (χ2n) is 8.22. The molecule has 1 nitrogen and oxygen atoms in total. The van der Waals surface area contributed by atoms with Gasteiger partial charge in [0.2, 0.25) is 0 Å². The van der Waals surface area contributed by atoms with Gasteiger partial charge in [-0.3, -0.25) is 0 Å². The second-order valence-corrected chi connectivity index (χ2v) is 11.5. The third-order valence-corrected chi connectivity index (χ3v) is 7.25. The average Bonchev–Trinajstić information content (AvgIpc) is 2.51. The monoisotopic (exact) mass is 456 g/mol. The molecule has 0 aliphatic rings. The topological polar surface area (TPSA) is 9.23 Å². The van der Waals surface area contributed by atoms with Gasteiger partial charge in [0.05, 0.1) is 0 Å². The summed E-state index contributed by atoms with van der Waals surface area (Å²) in [4.78, 5) is 0. The summed E-state index contributed by atoms with van der Waals surface area (Å²) in [6.45, 7) is 14.3. The van der Waals surface area contributed by atoms with Crippen molar-refractivity contribution in [3.8, 4) is 5.75 Å². The molecule has 0 bridgehead atoms. The minimum atomic E-state index is 0.0558. The summed E-state index contributed by atoms with van der Waals surface area (Å²) in [5.41, 5.74) is 4.11. The third-order valence-electron chi connectivity index (χ3n) is 4.05. The minimum absolute atomic E-state index is 0.0558. The van der Waals surface area contributed by atoms with Crippen LogP contribution in [0.1, 0.15) is 58.2 Å². The number of rotatable bonds is 4. The molecule has 0 amide bonds. The Labute approximate surface area is 160 Å². The number of ether oxygens (including phenoxy) is 1. The van der Waals surface area contributed by atoms with Crippen molar-refractivity contribution in [3.05, 3.63) is 59.2 Å². The number of benzene rings is 2. The zero-order chi connectivity index (χ0) is 18.0. The fraction of sp³-hybridized carbons (Fsp3) is 0.429. The normalized spacial score (nSPS) is 12.3. The van der Waals surface area contributed by atoms with Gasteiger partial charge in [0.1, 0.15) is 0 Å². The molecule has 24 heavy (non-hydrogen) atoms. The van der Waals surface area contributed by atoms with Crippen LogP contribution in [0.15, 0.2) is 42.5 Å². The summed E-state index contributed by atoms with van der Waals surface area (Å²) in [6.07, 6.45) is 0. The van der Waals surface area contributed by atoms with Crippen molar-refractivity contribution in [1.82, 2.24) is 0 Å². The van der Waals surface area contributed by atoms with Crippen LogP contribution in [0.2, 0.25) is 0 Å². The molecule has 2 rings (SSSR count). The zero-order valence-electron chi connectivity index (χ0n) is 15.5. The van der Waals surface area contributed by atoms with Crippen molar-refractivity contribution < 1.29 is 4.74 Å². The first kappa shape index (κ1) is 19.6. The Morgan fingerprint density at radius 3 is 2.04 bits per heavy atom. The van der Waals surface area contributed by atoms with Crippen molar-refractivity contribution in [2.75, 3.05) is 0 Å². The molecule has 0 N–H and O–H groups in total. The van der Waals surface area contributed by atoms with Crippen LogP contribution in [-0.2, 0) is 17.4 Å². The molecule has 0 unspecified atom stereocenters. The van der Waals surface area contributed by atoms with Crippen LogP contribution in [-0.4, -0.2) is 27.3 Å². The molecule has 0 fully saturated rings. The SMILES string of the molecule is CC(C)(C)c1cc([Se][SeH])c(OCc2ccccc2)c(C(C)(C)C)c1. The molecule has 0 saturated carbocycles. The Hall–Kier alpha value is -0.721. The van der Waals surface area contributed by atoms with E-state index in [1.807, 2.05) is 6.07 Å². The van der Waals surface area contributed by atoms with Gasteiger partial charge in [-0.15, -0.1) is 0 Å². The second kappa shape index (κ2) is 7.66. The molecule has 0 aliphatic carbocycles. The maximum atomic E-state index is 6.35. The summed E-state index contributed by atoms with van der Waals surface area (Å²) in [5, 5.41) is 0. The van der Waals surface area contributed by atoms with Gasteiger partial charge in [-0.2, -0.15) is 0 Å². The first-order chi connectivity index (χ1) is 11.1. The molecule has 0 saturated heterocycles. The predicted molar refractivity (Wildman–Crippen MR) is 107 cm³/mol. The molecule has 0 atom stereocenters. The van der Waals surface area contributed by atoms with Crippen LogP contribution in [0.4, 0.5) is 0 Å². The molecular weight excluding hydrogens is 426 g/mol. The molecule has 0 heterocycles. The molecular formula is C21H28OSe2. The first-order valence-electron chi connectivity index (χ1n) is 8.30. The Balaban J connectivity index is 2.48. The van der Waals surface area contributed by atoms with Crippen LogP contribution in [0.3, 0.4) is 0 Å². The van der Waals surface area contributed by atoms with Crippen molar-refractivity contribution in [1.29, 1.82) is 0 Å². The fourth-order valence-electron chi connectivity index (χ4n) is 2.54. The van der Waals surface area contributed by atoms with Gasteiger partial charge >= 0.3 is 160 Å². The summed E-state index contributed by atoms with van der Waals surface area (Å²) in [7, 11) is 0. The summed E-state index contributed by atoms with van der Waals surface area (Å²) in [6, 6.07) is 15.1. The van der Waals surface area contributed by atoms with Gasteiger partial charge in [-0.1, -0.05) is 0 Å². The van der Waals surface area contributed by atoms with Gasteiger partial charge in [-0.05, 0) is 0 Å². The summed E-state index contributed by atoms with van der Waals surface area (Å²) in [5.74, 6) is 1.08. The van der Waals surface area contributed by atoms with Gasteiger partial charge in [0.15, 0.2) is 0 Å². The van der Waals surface area contributed by atoms with E-state index < -0.39 is 0 Å². The quantitative estimate of drug-likeness (QED) is 0.635. The Bertz CT molecular complexity index is 679. The Morgan fingerprint density at radius 1 is 0.917 bits per heavy atom.